The zero-order chi connectivity index (χ0) is 20.6. The number of nitrogens with one attached hydrogen (secondary N) is 1. The number of carbonyl (C=O) groups is 1. The molecule has 29 heavy (non-hydrogen) atoms. The first kappa shape index (κ1) is 22.1. The number of rotatable bonds is 9. The first-order valence-corrected chi connectivity index (χ1v) is 11.6. The number of methoxy groups -OCH3 is 1. The highest BCUT2D eigenvalue weighted by molar-refractivity contribution is 7.99. The van der Waals surface area contributed by atoms with Crippen molar-refractivity contribution in [1.82, 2.24) is 20.1 Å². The molecule has 2 unspecified atom stereocenters. The normalized spacial score (nSPS) is 19.3. The lowest BCUT2D eigenvalue weighted by Crippen LogP contribution is -2.41. The zero-order valence-corrected chi connectivity index (χ0v) is 18.6. The van der Waals surface area contributed by atoms with Crippen molar-refractivity contribution in [1.29, 1.82) is 0 Å². The number of ether oxygens (including phenoxy) is 1. The minimum absolute atomic E-state index is 0.0551. The van der Waals surface area contributed by atoms with Gasteiger partial charge in [-0.2, -0.15) is 0 Å². The summed E-state index contributed by atoms with van der Waals surface area (Å²) in [6.45, 7) is 3.56. The molecule has 3 rings (SSSR count). The Labute approximate surface area is 181 Å². The molecular formula is C21H29ClN4O2S. The van der Waals surface area contributed by atoms with Crippen molar-refractivity contribution in [2.24, 2.45) is 5.92 Å². The Bertz CT molecular complexity index is 814. The van der Waals surface area contributed by atoms with Crippen LogP contribution in [-0.2, 0) is 16.1 Å². The largest absolute Gasteiger partial charge is 0.385 e. The van der Waals surface area contributed by atoms with Gasteiger partial charge in [0.1, 0.15) is 0 Å². The summed E-state index contributed by atoms with van der Waals surface area (Å²) in [7, 11) is 1.69. The highest BCUT2D eigenvalue weighted by Gasteiger charge is 2.23. The highest BCUT2D eigenvalue weighted by Crippen LogP contribution is 2.30. The van der Waals surface area contributed by atoms with Crippen LogP contribution in [0.15, 0.2) is 29.4 Å². The number of thioether (sulfide) groups is 1. The second kappa shape index (κ2) is 11.0. The fourth-order valence-electron chi connectivity index (χ4n) is 3.72. The molecular weight excluding hydrogens is 408 g/mol. The highest BCUT2D eigenvalue weighted by atomic mass is 35.5. The molecule has 0 bridgehead atoms. The van der Waals surface area contributed by atoms with Gasteiger partial charge in [-0.3, -0.25) is 4.79 Å². The van der Waals surface area contributed by atoms with Gasteiger partial charge in [-0.15, -0.1) is 10.2 Å². The molecule has 1 aromatic carbocycles. The summed E-state index contributed by atoms with van der Waals surface area (Å²) in [5.74, 6) is 1.64. The molecule has 0 saturated heterocycles. The second-order valence-electron chi connectivity index (χ2n) is 7.51. The monoisotopic (exact) mass is 436 g/mol. The van der Waals surface area contributed by atoms with Gasteiger partial charge in [0.15, 0.2) is 11.0 Å². The smallest absolute Gasteiger partial charge is 0.230 e. The summed E-state index contributed by atoms with van der Waals surface area (Å²) >= 11 is 7.79. The molecule has 1 N–H and O–H groups in total. The third-order valence-electron chi connectivity index (χ3n) is 5.35. The number of aromatic nitrogens is 3. The number of halogens is 1. The van der Waals surface area contributed by atoms with Crippen LogP contribution in [0.3, 0.4) is 0 Å². The average molecular weight is 437 g/mol. The van der Waals surface area contributed by atoms with Crippen molar-refractivity contribution in [3.05, 3.63) is 29.3 Å². The van der Waals surface area contributed by atoms with Gasteiger partial charge in [0.05, 0.1) is 10.8 Å². The average Bonchev–Trinajstić information content (AvgIpc) is 3.11. The van der Waals surface area contributed by atoms with Gasteiger partial charge >= 0.3 is 0 Å². The van der Waals surface area contributed by atoms with Gasteiger partial charge in [0, 0.05) is 31.9 Å². The first-order chi connectivity index (χ1) is 14.1. The van der Waals surface area contributed by atoms with Crippen molar-refractivity contribution in [3.8, 4) is 11.4 Å². The van der Waals surface area contributed by atoms with Crippen molar-refractivity contribution in [2.75, 3.05) is 19.5 Å². The van der Waals surface area contributed by atoms with Crippen LogP contribution >= 0.6 is 23.4 Å². The zero-order valence-electron chi connectivity index (χ0n) is 17.1. The van der Waals surface area contributed by atoms with Crippen LogP contribution in [0.5, 0.6) is 0 Å². The molecule has 0 radical (unpaired) electrons. The lowest BCUT2D eigenvalue weighted by Gasteiger charge is -2.29. The molecule has 1 aromatic heterocycles. The topological polar surface area (TPSA) is 69.0 Å². The van der Waals surface area contributed by atoms with E-state index in [0.717, 1.165) is 29.4 Å². The first-order valence-electron chi connectivity index (χ1n) is 10.2. The van der Waals surface area contributed by atoms with Gasteiger partial charge in [0.2, 0.25) is 5.91 Å². The lowest BCUT2D eigenvalue weighted by atomic mass is 9.86. The van der Waals surface area contributed by atoms with E-state index in [9.17, 15) is 4.79 Å². The molecule has 158 valence electrons. The molecule has 0 aliphatic heterocycles. The van der Waals surface area contributed by atoms with Crippen molar-refractivity contribution < 1.29 is 9.53 Å². The molecule has 2 atom stereocenters. The van der Waals surface area contributed by atoms with Gasteiger partial charge in [0.25, 0.3) is 0 Å². The van der Waals surface area contributed by atoms with Gasteiger partial charge in [-0.05, 0) is 37.3 Å². The van der Waals surface area contributed by atoms with E-state index < -0.39 is 0 Å². The quantitative estimate of drug-likeness (QED) is 0.465. The van der Waals surface area contributed by atoms with E-state index in [1.165, 1.54) is 31.0 Å². The number of hydrogen-bond acceptors (Lipinski definition) is 5. The Kier molecular flexibility index (Phi) is 8.39. The maximum atomic E-state index is 12.5. The maximum absolute atomic E-state index is 12.5. The summed E-state index contributed by atoms with van der Waals surface area (Å²) in [5.41, 5.74) is 0.839. The Hall–Kier alpha value is -1.57. The van der Waals surface area contributed by atoms with E-state index in [1.54, 1.807) is 7.11 Å². The maximum Gasteiger partial charge on any atom is 0.230 e. The standard InChI is InChI=1S/C21H29ClN4O2S/c1-15-8-3-6-11-18(15)23-19(27)14-29-21-25-24-20(26(21)12-7-13-28-2)16-9-4-5-10-17(16)22/h4-5,9-10,15,18H,3,6-8,11-14H2,1-2H3,(H,23,27). The fraction of sp³-hybridized carbons (Fsp3) is 0.571. The summed E-state index contributed by atoms with van der Waals surface area (Å²) in [5, 5.41) is 13.3. The fourth-order valence-corrected chi connectivity index (χ4v) is 4.71. The number of nitrogens with zero attached hydrogens (tertiary/aromatic N) is 3. The number of amides is 1. The molecule has 2 aromatic rings. The number of benzene rings is 1. The Morgan fingerprint density at radius 2 is 2.10 bits per heavy atom. The minimum Gasteiger partial charge on any atom is -0.385 e. The minimum atomic E-state index is 0.0551. The Morgan fingerprint density at radius 3 is 2.86 bits per heavy atom. The molecule has 1 saturated carbocycles. The van der Waals surface area contributed by atoms with E-state index in [4.69, 9.17) is 16.3 Å². The van der Waals surface area contributed by atoms with E-state index in [0.29, 0.717) is 29.8 Å². The van der Waals surface area contributed by atoms with E-state index in [1.807, 2.05) is 28.8 Å². The molecule has 1 aliphatic carbocycles. The predicted molar refractivity (Wildman–Crippen MR) is 117 cm³/mol. The SMILES string of the molecule is COCCCn1c(SCC(=O)NC2CCCCC2C)nnc1-c1ccccc1Cl. The summed E-state index contributed by atoms with van der Waals surface area (Å²) < 4.78 is 7.22. The Balaban J connectivity index is 1.69. The molecule has 8 heteroatoms. The number of hydrogen-bond donors (Lipinski definition) is 1. The summed E-state index contributed by atoms with van der Waals surface area (Å²) in [4.78, 5) is 12.5. The van der Waals surface area contributed by atoms with Crippen molar-refractivity contribution in [2.45, 2.75) is 56.8 Å². The summed E-state index contributed by atoms with van der Waals surface area (Å²) in [6.07, 6.45) is 5.54. The third-order valence-corrected chi connectivity index (χ3v) is 6.65. The molecule has 1 heterocycles. The van der Waals surface area contributed by atoms with Gasteiger partial charge < -0.3 is 14.6 Å². The van der Waals surface area contributed by atoms with Crippen molar-refractivity contribution in [3.63, 3.8) is 0 Å². The second-order valence-corrected chi connectivity index (χ2v) is 8.86. The lowest BCUT2D eigenvalue weighted by molar-refractivity contribution is -0.119. The Morgan fingerprint density at radius 1 is 1.31 bits per heavy atom. The third kappa shape index (κ3) is 5.96. The van der Waals surface area contributed by atoms with Crippen LogP contribution in [0.1, 0.15) is 39.0 Å². The van der Waals surface area contributed by atoms with Crippen LogP contribution in [0.4, 0.5) is 0 Å². The van der Waals surface area contributed by atoms with Crippen LogP contribution in [0, 0.1) is 5.92 Å². The molecule has 1 fully saturated rings. The molecule has 6 nitrogen and oxygen atoms in total. The molecule has 1 amide bonds. The molecule has 0 spiro atoms. The van der Waals surface area contributed by atoms with E-state index >= 15 is 0 Å². The predicted octanol–water partition coefficient (Wildman–Crippen LogP) is 4.42. The van der Waals surface area contributed by atoms with E-state index in [2.05, 4.69) is 22.4 Å². The van der Waals surface area contributed by atoms with Crippen molar-refractivity contribution >= 4 is 29.3 Å². The van der Waals surface area contributed by atoms with Crippen LogP contribution in [-0.4, -0.2) is 46.2 Å². The van der Waals surface area contributed by atoms with Crippen LogP contribution in [0.25, 0.3) is 11.4 Å². The summed E-state index contributed by atoms with van der Waals surface area (Å²) in [6, 6.07) is 7.89. The van der Waals surface area contributed by atoms with Gasteiger partial charge in [-0.1, -0.05) is 55.3 Å². The van der Waals surface area contributed by atoms with Crippen LogP contribution in [0.2, 0.25) is 5.02 Å². The van der Waals surface area contributed by atoms with E-state index in [-0.39, 0.29) is 11.9 Å². The molecule has 1 aliphatic rings. The van der Waals surface area contributed by atoms with Gasteiger partial charge in [-0.25, -0.2) is 0 Å². The number of carbonyl (C=O) groups excluding carboxylic acids is 1. The van der Waals surface area contributed by atoms with Crippen LogP contribution < -0.4 is 5.32 Å².